The van der Waals surface area contributed by atoms with Crippen molar-refractivity contribution in [2.75, 3.05) is 0 Å². The van der Waals surface area contributed by atoms with Gasteiger partial charge in [0.05, 0.1) is 0 Å². The van der Waals surface area contributed by atoms with Gasteiger partial charge in [-0.3, -0.25) is 0 Å². The van der Waals surface area contributed by atoms with Crippen molar-refractivity contribution in [3.63, 3.8) is 0 Å². The molecule has 0 spiro atoms. The molecule has 0 atom stereocenters. The standard InChI is InChI=1S/C27H49N2/c1-4-6-8-10-12-14-16-18-20-22-26-24-27(29-25(3)28-26)23-21-19-17-15-13-11-9-7-5-2/h24H,3-23H2,1-2H3. The lowest BCUT2D eigenvalue weighted by Crippen LogP contribution is -2.01. The number of unbranched alkanes of at least 4 members (excludes halogenated alkanes) is 16. The van der Waals surface area contributed by atoms with Gasteiger partial charge in [0.15, 0.2) is 0 Å². The molecule has 0 N–H and O–H groups in total. The van der Waals surface area contributed by atoms with Crippen molar-refractivity contribution >= 4 is 0 Å². The zero-order valence-electron chi connectivity index (χ0n) is 19.8. The van der Waals surface area contributed by atoms with Gasteiger partial charge in [0, 0.05) is 18.3 Å². The van der Waals surface area contributed by atoms with Crippen LogP contribution in [0.15, 0.2) is 6.07 Å². The van der Waals surface area contributed by atoms with Crippen molar-refractivity contribution in [3.8, 4) is 0 Å². The minimum absolute atomic E-state index is 0.712. The Bertz CT molecular complexity index is 443. The van der Waals surface area contributed by atoms with Crippen LogP contribution in [0.25, 0.3) is 0 Å². The first-order chi connectivity index (χ1) is 14.3. The smallest absolute Gasteiger partial charge is 0.129 e. The molecular formula is C27H49N2. The molecule has 1 aromatic rings. The normalized spacial score (nSPS) is 11.3. The van der Waals surface area contributed by atoms with E-state index in [4.69, 9.17) is 0 Å². The van der Waals surface area contributed by atoms with Gasteiger partial charge >= 0.3 is 0 Å². The first-order valence-corrected chi connectivity index (χ1v) is 12.9. The first-order valence-electron chi connectivity index (χ1n) is 12.9. The summed E-state index contributed by atoms with van der Waals surface area (Å²) in [6.07, 6.45) is 26.9. The Hall–Kier alpha value is -0.920. The van der Waals surface area contributed by atoms with Gasteiger partial charge in [0.25, 0.3) is 0 Å². The van der Waals surface area contributed by atoms with Crippen molar-refractivity contribution in [3.05, 3.63) is 30.2 Å². The summed E-state index contributed by atoms with van der Waals surface area (Å²) < 4.78 is 0. The SMILES string of the molecule is [CH2]c1nc(CCCCCCCCCCC)cc(CCCCCCCCCCC)n1. The van der Waals surface area contributed by atoms with E-state index < -0.39 is 0 Å². The maximum absolute atomic E-state index is 4.57. The lowest BCUT2D eigenvalue weighted by molar-refractivity contribution is 0.561. The maximum atomic E-state index is 4.57. The van der Waals surface area contributed by atoms with Crippen LogP contribution in [0.3, 0.4) is 0 Å². The Labute approximate surface area is 182 Å². The predicted molar refractivity (Wildman–Crippen MR) is 128 cm³/mol. The summed E-state index contributed by atoms with van der Waals surface area (Å²) in [4.78, 5) is 9.15. The van der Waals surface area contributed by atoms with Crippen molar-refractivity contribution < 1.29 is 0 Å². The minimum atomic E-state index is 0.712. The van der Waals surface area contributed by atoms with E-state index in [-0.39, 0.29) is 0 Å². The second kappa shape index (κ2) is 19.1. The second-order valence-corrected chi connectivity index (χ2v) is 8.92. The third kappa shape index (κ3) is 15.6. The maximum Gasteiger partial charge on any atom is 0.129 e. The van der Waals surface area contributed by atoms with Crippen LogP contribution < -0.4 is 0 Å². The summed E-state index contributed by atoms with van der Waals surface area (Å²) in [5.74, 6) is 0.712. The van der Waals surface area contributed by atoms with Crippen LogP contribution in [0.4, 0.5) is 0 Å². The van der Waals surface area contributed by atoms with E-state index in [1.165, 1.54) is 127 Å². The molecule has 0 saturated carbocycles. The second-order valence-electron chi connectivity index (χ2n) is 8.92. The van der Waals surface area contributed by atoms with Crippen molar-refractivity contribution in [1.82, 2.24) is 9.97 Å². The molecule has 1 radical (unpaired) electrons. The number of hydrogen-bond donors (Lipinski definition) is 0. The Balaban J connectivity index is 2.09. The number of hydrogen-bond acceptors (Lipinski definition) is 2. The molecule has 0 bridgehead atoms. The van der Waals surface area contributed by atoms with E-state index in [1.807, 2.05) is 0 Å². The highest BCUT2D eigenvalue weighted by Crippen LogP contribution is 2.14. The zero-order valence-corrected chi connectivity index (χ0v) is 19.8. The molecule has 0 aliphatic heterocycles. The number of rotatable bonds is 20. The van der Waals surface area contributed by atoms with Crippen LogP contribution in [0.2, 0.25) is 0 Å². The van der Waals surface area contributed by atoms with Gasteiger partial charge in [-0.2, -0.15) is 0 Å². The zero-order chi connectivity index (χ0) is 21.0. The third-order valence-corrected chi connectivity index (χ3v) is 5.95. The Morgan fingerprint density at radius 1 is 0.517 bits per heavy atom. The molecule has 1 rings (SSSR count). The summed E-state index contributed by atoms with van der Waals surface area (Å²) in [6.45, 7) is 8.57. The monoisotopic (exact) mass is 401 g/mol. The molecule has 0 unspecified atom stereocenters. The summed E-state index contributed by atoms with van der Waals surface area (Å²) in [5.41, 5.74) is 2.41. The largest absolute Gasteiger partial charge is 0.238 e. The summed E-state index contributed by atoms with van der Waals surface area (Å²) in [7, 11) is 0. The van der Waals surface area contributed by atoms with Gasteiger partial charge in [-0.1, -0.05) is 117 Å². The molecule has 0 aliphatic rings. The third-order valence-electron chi connectivity index (χ3n) is 5.95. The Kier molecular flexibility index (Phi) is 17.2. The summed E-state index contributed by atoms with van der Waals surface area (Å²) in [5, 5.41) is 0. The van der Waals surface area contributed by atoms with Crippen LogP contribution >= 0.6 is 0 Å². The first kappa shape index (κ1) is 26.1. The number of aryl methyl sites for hydroxylation is 2. The van der Waals surface area contributed by atoms with Crippen molar-refractivity contribution in [2.24, 2.45) is 0 Å². The predicted octanol–water partition coefficient (Wildman–Crippen LogP) is 8.81. The van der Waals surface area contributed by atoms with E-state index in [0.717, 1.165) is 12.8 Å². The van der Waals surface area contributed by atoms with Gasteiger partial charge in [0.1, 0.15) is 5.82 Å². The molecule has 0 saturated heterocycles. The highest BCUT2D eigenvalue weighted by molar-refractivity contribution is 5.13. The van der Waals surface area contributed by atoms with Crippen LogP contribution in [-0.2, 0) is 12.8 Å². The fraction of sp³-hybridized carbons (Fsp3) is 0.815. The number of aromatic nitrogens is 2. The molecule has 1 aromatic heterocycles. The molecule has 0 amide bonds. The highest BCUT2D eigenvalue weighted by Gasteiger charge is 2.03. The van der Waals surface area contributed by atoms with Crippen LogP contribution in [0.5, 0.6) is 0 Å². The number of nitrogens with zero attached hydrogens (tertiary/aromatic N) is 2. The lowest BCUT2D eigenvalue weighted by Gasteiger charge is -2.07. The van der Waals surface area contributed by atoms with Gasteiger partial charge in [-0.15, -0.1) is 0 Å². The summed E-state index contributed by atoms with van der Waals surface area (Å²) >= 11 is 0. The van der Waals surface area contributed by atoms with Crippen LogP contribution in [0.1, 0.15) is 147 Å². The quantitative estimate of drug-likeness (QED) is 0.204. The van der Waals surface area contributed by atoms with Gasteiger partial charge in [0.2, 0.25) is 0 Å². The van der Waals surface area contributed by atoms with E-state index in [2.05, 4.69) is 36.8 Å². The minimum Gasteiger partial charge on any atom is -0.238 e. The van der Waals surface area contributed by atoms with E-state index in [1.54, 1.807) is 0 Å². The van der Waals surface area contributed by atoms with Crippen LogP contribution in [-0.4, -0.2) is 9.97 Å². The molecule has 167 valence electrons. The Morgan fingerprint density at radius 2 is 0.828 bits per heavy atom. The molecular weight excluding hydrogens is 352 g/mol. The van der Waals surface area contributed by atoms with Crippen molar-refractivity contribution in [1.29, 1.82) is 0 Å². The fourth-order valence-electron chi connectivity index (χ4n) is 4.10. The molecule has 0 fully saturated rings. The topological polar surface area (TPSA) is 25.8 Å². The van der Waals surface area contributed by atoms with Gasteiger partial charge < -0.3 is 0 Å². The molecule has 29 heavy (non-hydrogen) atoms. The highest BCUT2D eigenvalue weighted by atomic mass is 14.9. The fourth-order valence-corrected chi connectivity index (χ4v) is 4.10. The molecule has 2 nitrogen and oxygen atoms in total. The van der Waals surface area contributed by atoms with Crippen molar-refractivity contribution in [2.45, 2.75) is 142 Å². The van der Waals surface area contributed by atoms with Crippen LogP contribution in [0, 0.1) is 6.92 Å². The Morgan fingerprint density at radius 3 is 1.17 bits per heavy atom. The van der Waals surface area contributed by atoms with E-state index in [9.17, 15) is 0 Å². The summed E-state index contributed by atoms with van der Waals surface area (Å²) in [6, 6.07) is 2.24. The van der Waals surface area contributed by atoms with E-state index in [0.29, 0.717) is 5.82 Å². The molecule has 0 aliphatic carbocycles. The molecule has 1 heterocycles. The average Bonchev–Trinajstić information content (AvgIpc) is 2.71. The molecule has 2 heteroatoms. The average molecular weight is 402 g/mol. The van der Waals surface area contributed by atoms with Gasteiger partial charge in [-0.05, 0) is 31.7 Å². The lowest BCUT2D eigenvalue weighted by atomic mass is 10.0. The van der Waals surface area contributed by atoms with E-state index >= 15 is 0 Å². The molecule has 0 aromatic carbocycles. The van der Waals surface area contributed by atoms with Gasteiger partial charge in [-0.25, -0.2) is 9.97 Å².